The molecule has 2 aromatic carbocycles. The smallest absolute Gasteiger partial charge is 0.251 e. The first kappa shape index (κ1) is 34.7. The number of aromatic nitrogens is 3. The molecule has 4 aliphatic rings. The number of hydrogen-bond donors (Lipinski definition) is 3. The van der Waals surface area contributed by atoms with E-state index in [1.807, 2.05) is 24.5 Å². The highest BCUT2D eigenvalue weighted by atomic mass is 19.1. The summed E-state index contributed by atoms with van der Waals surface area (Å²) in [5.41, 5.74) is 5.76. The first-order valence-corrected chi connectivity index (χ1v) is 19.2. The Hall–Kier alpha value is -4.35. The van der Waals surface area contributed by atoms with Crippen LogP contribution in [-0.2, 0) is 10.2 Å². The highest BCUT2D eigenvalue weighted by Crippen LogP contribution is 2.51. The molecule has 3 fully saturated rings. The van der Waals surface area contributed by atoms with Gasteiger partial charge >= 0.3 is 0 Å². The van der Waals surface area contributed by atoms with E-state index >= 15 is 4.39 Å². The maximum absolute atomic E-state index is 15.6. The number of carbonyl (C=O) groups excluding carboxylic acids is 2. The Kier molecular flexibility index (Phi) is 9.06. The number of piperidine rings is 2. The van der Waals surface area contributed by atoms with Gasteiger partial charge in [0.15, 0.2) is 5.82 Å². The molecule has 0 radical (unpaired) electrons. The second-order valence-electron chi connectivity index (χ2n) is 16.0. The van der Waals surface area contributed by atoms with Crippen LogP contribution in [0.25, 0.3) is 22.3 Å². The van der Waals surface area contributed by atoms with Gasteiger partial charge in [-0.2, -0.15) is 0 Å². The lowest BCUT2D eigenvalue weighted by atomic mass is 9.74. The van der Waals surface area contributed by atoms with Crippen LogP contribution in [0.15, 0.2) is 42.7 Å². The molecule has 11 heteroatoms. The van der Waals surface area contributed by atoms with Gasteiger partial charge in [-0.1, -0.05) is 18.6 Å². The number of likely N-dealkylation sites (tertiary alicyclic amines) is 1. The Morgan fingerprint density at radius 3 is 2.46 bits per heavy atom. The van der Waals surface area contributed by atoms with Crippen molar-refractivity contribution in [3.63, 3.8) is 0 Å². The summed E-state index contributed by atoms with van der Waals surface area (Å²) in [7, 11) is 0. The van der Waals surface area contributed by atoms with Crippen molar-refractivity contribution in [3.8, 4) is 11.3 Å². The molecule has 0 unspecified atom stereocenters. The first-order chi connectivity index (χ1) is 25.0. The minimum absolute atomic E-state index is 0.0599. The fourth-order valence-electron chi connectivity index (χ4n) is 8.97. The van der Waals surface area contributed by atoms with E-state index in [1.54, 1.807) is 19.3 Å². The molecule has 2 amide bonds. The van der Waals surface area contributed by atoms with Gasteiger partial charge in [0.2, 0.25) is 5.91 Å². The van der Waals surface area contributed by atoms with Crippen LogP contribution in [0.5, 0.6) is 0 Å². The monoisotopic (exact) mass is 706 g/mol. The molecule has 52 heavy (non-hydrogen) atoms. The van der Waals surface area contributed by atoms with Crippen molar-refractivity contribution in [2.75, 3.05) is 36.4 Å². The zero-order valence-corrected chi connectivity index (χ0v) is 31.1. The molecule has 2 saturated heterocycles. The fourth-order valence-corrected chi connectivity index (χ4v) is 8.97. The Morgan fingerprint density at radius 1 is 1.00 bits per heavy atom. The lowest BCUT2D eigenvalue weighted by Gasteiger charge is -2.48. The normalized spacial score (nSPS) is 21.6. The molecule has 8 rings (SSSR count). The summed E-state index contributed by atoms with van der Waals surface area (Å²) in [5, 5.41) is 9.66. The van der Waals surface area contributed by atoms with E-state index < -0.39 is 11.2 Å². The number of hydrogen-bond acceptors (Lipinski definition) is 7. The first-order valence-electron chi connectivity index (χ1n) is 19.2. The van der Waals surface area contributed by atoms with Gasteiger partial charge in [0, 0.05) is 41.0 Å². The second-order valence-corrected chi connectivity index (χ2v) is 16.0. The summed E-state index contributed by atoms with van der Waals surface area (Å²) in [4.78, 5) is 42.3. The number of anilines is 3. The number of aryl methyl sites for hydroxylation is 1. The topological polar surface area (TPSA) is 107 Å². The standard InChI is InChI=1S/C41H51FN8O2/c1-24(2)45-39(51)30-21-34(32(42)17-26(30)5)47-38-37-35(44-23-49(37)25(3)4)22-33(46-38)27-9-10-31-36(18-27)50(40(52)41(31)11-13-43-14-12-41)29-19-28(20-29)48-15-7-6-8-16-48/h9-10,17-18,21-25,28-29,43H,6-8,11-16,19-20H2,1-5H3,(H,45,51)(H,46,47). The Labute approximate surface area is 305 Å². The summed E-state index contributed by atoms with van der Waals surface area (Å²) >= 11 is 0. The van der Waals surface area contributed by atoms with Crippen molar-refractivity contribution >= 4 is 40.0 Å². The average Bonchev–Trinajstić information content (AvgIpc) is 3.64. The fraction of sp³-hybridized carbons (Fsp3) is 0.512. The van der Waals surface area contributed by atoms with Crippen molar-refractivity contribution in [2.24, 2.45) is 0 Å². The molecule has 0 atom stereocenters. The molecule has 0 bridgehead atoms. The molecule has 2 aromatic heterocycles. The van der Waals surface area contributed by atoms with Crippen LogP contribution in [0.4, 0.5) is 21.6 Å². The number of benzene rings is 2. The number of imidazole rings is 1. The number of nitrogens with zero attached hydrogens (tertiary/aromatic N) is 5. The van der Waals surface area contributed by atoms with Gasteiger partial charge in [-0.05, 0) is 135 Å². The predicted molar refractivity (Wildman–Crippen MR) is 204 cm³/mol. The van der Waals surface area contributed by atoms with Crippen molar-refractivity contribution in [3.05, 3.63) is 65.2 Å². The van der Waals surface area contributed by atoms with Gasteiger partial charge in [-0.3, -0.25) is 9.59 Å². The molecule has 1 aliphatic carbocycles. The molecule has 3 N–H and O–H groups in total. The quantitative estimate of drug-likeness (QED) is 0.181. The number of pyridine rings is 1. The number of rotatable bonds is 8. The molecule has 10 nitrogen and oxygen atoms in total. The molecule has 1 saturated carbocycles. The SMILES string of the molecule is Cc1cc(F)c(Nc2nc(-c3ccc4c(c3)N(C3CC(N5CCCCC5)C3)C(=O)C43CCNCC3)cc3ncn(C(C)C)c23)cc1C(=O)NC(C)C. The maximum atomic E-state index is 15.6. The van der Waals surface area contributed by atoms with Crippen LogP contribution in [0.1, 0.15) is 100 Å². The number of halogens is 1. The third-order valence-electron chi connectivity index (χ3n) is 11.9. The molecule has 5 heterocycles. The van der Waals surface area contributed by atoms with E-state index in [4.69, 9.17) is 9.97 Å². The van der Waals surface area contributed by atoms with Crippen molar-refractivity contribution in [2.45, 2.75) is 109 Å². The molecule has 4 aromatic rings. The van der Waals surface area contributed by atoms with E-state index in [1.165, 1.54) is 25.3 Å². The highest BCUT2D eigenvalue weighted by Gasteiger charge is 2.54. The highest BCUT2D eigenvalue weighted by molar-refractivity contribution is 6.09. The van der Waals surface area contributed by atoms with Crippen molar-refractivity contribution in [1.82, 2.24) is 30.1 Å². The van der Waals surface area contributed by atoms with Gasteiger partial charge in [0.25, 0.3) is 5.91 Å². The van der Waals surface area contributed by atoms with E-state index in [0.29, 0.717) is 28.7 Å². The Morgan fingerprint density at radius 2 is 1.75 bits per heavy atom. The second kappa shape index (κ2) is 13.6. The lowest BCUT2D eigenvalue weighted by Crippen LogP contribution is -2.58. The summed E-state index contributed by atoms with van der Waals surface area (Å²) in [6.07, 6.45) is 9.24. The van der Waals surface area contributed by atoms with Crippen LogP contribution in [0.2, 0.25) is 0 Å². The molecular formula is C41H51FN8O2. The molecular weight excluding hydrogens is 656 g/mol. The molecule has 274 valence electrons. The van der Waals surface area contributed by atoms with Crippen LogP contribution in [0.3, 0.4) is 0 Å². The number of amides is 2. The average molecular weight is 707 g/mol. The van der Waals surface area contributed by atoms with E-state index in [-0.39, 0.29) is 35.6 Å². The zero-order chi connectivity index (χ0) is 36.3. The van der Waals surface area contributed by atoms with Gasteiger partial charge in [-0.25, -0.2) is 14.4 Å². The Bertz CT molecular complexity index is 2020. The van der Waals surface area contributed by atoms with Gasteiger partial charge in [-0.15, -0.1) is 0 Å². The molecule has 3 aliphatic heterocycles. The largest absolute Gasteiger partial charge is 0.350 e. The van der Waals surface area contributed by atoms with E-state index in [0.717, 1.165) is 79.7 Å². The minimum Gasteiger partial charge on any atom is -0.350 e. The summed E-state index contributed by atoms with van der Waals surface area (Å²) < 4.78 is 17.6. The lowest BCUT2D eigenvalue weighted by molar-refractivity contribution is -0.125. The summed E-state index contributed by atoms with van der Waals surface area (Å²) in [6.45, 7) is 13.6. The maximum Gasteiger partial charge on any atom is 0.251 e. The van der Waals surface area contributed by atoms with Crippen molar-refractivity contribution < 1.29 is 14.0 Å². The third kappa shape index (κ3) is 5.95. The zero-order valence-electron chi connectivity index (χ0n) is 31.1. The summed E-state index contributed by atoms with van der Waals surface area (Å²) in [6, 6.07) is 12.0. The number of nitrogens with one attached hydrogen (secondary N) is 3. The molecule has 1 spiro atoms. The van der Waals surface area contributed by atoms with E-state index in [9.17, 15) is 9.59 Å². The minimum atomic E-state index is -0.502. The Balaban J connectivity index is 1.19. The third-order valence-corrected chi connectivity index (χ3v) is 11.9. The number of fused-ring (bicyclic) bond motifs is 3. The number of carbonyl (C=O) groups is 2. The van der Waals surface area contributed by atoms with E-state index in [2.05, 4.69) is 57.8 Å². The van der Waals surface area contributed by atoms with Crippen LogP contribution in [0, 0.1) is 12.7 Å². The van der Waals surface area contributed by atoms with Gasteiger partial charge in [0.05, 0.1) is 28.6 Å². The van der Waals surface area contributed by atoms with Crippen LogP contribution >= 0.6 is 0 Å². The van der Waals surface area contributed by atoms with Crippen LogP contribution in [-0.4, -0.2) is 75.6 Å². The summed E-state index contributed by atoms with van der Waals surface area (Å²) in [5.74, 6) is -0.0379. The predicted octanol–water partition coefficient (Wildman–Crippen LogP) is 6.99. The van der Waals surface area contributed by atoms with Crippen LogP contribution < -0.4 is 20.9 Å². The van der Waals surface area contributed by atoms with Crippen molar-refractivity contribution in [1.29, 1.82) is 0 Å². The van der Waals surface area contributed by atoms with Gasteiger partial charge < -0.3 is 30.3 Å². The van der Waals surface area contributed by atoms with Gasteiger partial charge in [0.1, 0.15) is 11.3 Å².